The standard InChI is InChI=1S/C23H32F3N3O3/c24-23(25,26)17-1-3-18(4-2-17)28-11-6-21(32)29(14-13-28)19(16-30)5-10-27-12-9-22(7-8-22)20(31)15-27/h1-4,19-20,30-31H,5-16H2. The molecule has 4 rings (SSSR count). The Bertz CT molecular complexity index is 798. The molecule has 2 unspecified atom stereocenters. The average molecular weight is 456 g/mol. The van der Waals surface area contributed by atoms with E-state index in [1.54, 1.807) is 4.90 Å². The molecule has 1 aromatic carbocycles. The summed E-state index contributed by atoms with van der Waals surface area (Å²) in [5.74, 6) is -0.0472. The van der Waals surface area contributed by atoms with Gasteiger partial charge in [0.25, 0.3) is 0 Å². The minimum Gasteiger partial charge on any atom is -0.394 e. The first-order valence-electron chi connectivity index (χ1n) is 11.4. The van der Waals surface area contributed by atoms with E-state index in [0.717, 1.165) is 37.9 Å². The lowest BCUT2D eigenvalue weighted by atomic mass is 9.90. The van der Waals surface area contributed by atoms with Gasteiger partial charge in [-0.3, -0.25) is 4.79 Å². The van der Waals surface area contributed by atoms with Gasteiger partial charge >= 0.3 is 6.18 Å². The van der Waals surface area contributed by atoms with Crippen LogP contribution in [0.15, 0.2) is 24.3 Å². The summed E-state index contributed by atoms with van der Waals surface area (Å²) in [5.41, 5.74) is 0.115. The fourth-order valence-corrected chi connectivity index (χ4v) is 5.05. The van der Waals surface area contributed by atoms with Gasteiger partial charge in [-0.25, -0.2) is 0 Å². The highest BCUT2D eigenvalue weighted by molar-refractivity contribution is 5.78. The highest BCUT2D eigenvalue weighted by Crippen LogP contribution is 2.53. The van der Waals surface area contributed by atoms with Crippen LogP contribution in [0.2, 0.25) is 0 Å². The molecule has 1 spiro atoms. The molecule has 2 atom stereocenters. The number of carbonyl (C=O) groups excluding carboxylic acids is 1. The Morgan fingerprint density at radius 2 is 1.78 bits per heavy atom. The number of aliphatic hydroxyl groups is 2. The molecule has 178 valence electrons. The molecule has 9 heteroatoms. The number of nitrogens with zero attached hydrogens (tertiary/aromatic N) is 3. The third kappa shape index (κ3) is 5.05. The lowest BCUT2D eigenvalue weighted by Crippen LogP contribution is -2.48. The van der Waals surface area contributed by atoms with E-state index in [2.05, 4.69) is 4.90 Å². The number of likely N-dealkylation sites (tertiary alicyclic amines) is 1. The summed E-state index contributed by atoms with van der Waals surface area (Å²) in [7, 11) is 0. The average Bonchev–Trinajstić information content (AvgIpc) is 3.57. The van der Waals surface area contributed by atoms with Gasteiger partial charge in [-0.15, -0.1) is 0 Å². The first-order valence-corrected chi connectivity index (χ1v) is 11.4. The normalized spacial score (nSPS) is 25.2. The summed E-state index contributed by atoms with van der Waals surface area (Å²) < 4.78 is 38.5. The monoisotopic (exact) mass is 455 g/mol. The summed E-state index contributed by atoms with van der Waals surface area (Å²) >= 11 is 0. The summed E-state index contributed by atoms with van der Waals surface area (Å²) in [6.07, 6.45) is -0.561. The van der Waals surface area contributed by atoms with Gasteiger partial charge in [0.2, 0.25) is 5.91 Å². The van der Waals surface area contributed by atoms with Gasteiger partial charge in [0, 0.05) is 44.8 Å². The topological polar surface area (TPSA) is 67.2 Å². The van der Waals surface area contributed by atoms with Crippen molar-refractivity contribution in [3.8, 4) is 0 Å². The quantitative estimate of drug-likeness (QED) is 0.690. The Morgan fingerprint density at radius 3 is 2.38 bits per heavy atom. The van der Waals surface area contributed by atoms with Crippen LogP contribution in [-0.4, -0.2) is 83.9 Å². The van der Waals surface area contributed by atoms with Crippen molar-refractivity contribution in [3.63, 3.8) is 0 Å². The number of amides is 1. The van der Waals surface area contributed by atoms with Crippen LogP contribution in [0.25, 0.3) is 0 Å². The van der Waals surface area contributed by atoms with Gasteiger partial charge in [0.15, 0.2) is 0 Å². The van der Waals surface area contributed by atoms with Crippen LogP contribution in [0, 0.1) is 5.41 Å². The second-order valence-electron chi connectivity index (χ2n) is 9.42. The largest absolute Gasteiger partial charge is 0.416 e. The van der Waals surface area contributed by atoms with Gasteiger partial charge in [0.1, 0.15) is 0 Å². The van der Waals surface area contributed by atoms with Crippen molar-refractivity contribution >= 4 is 11.6 Å². The lowest BCUT2D eigenvalue weighted by Gasteiger charge is -2.38. The van der Waals surface area contributed by atoms with E-state index in [-0.39, 0.29) is 36.5 Å². The summed E-state index contributed by atoms with van der Waals surface area (Å²) in [5, 5.41) is 20.4. The molecular weight excluding hydrogens is 423 g/mol. The number of alkyl halides is 3. The minimum absolute atomic E-state index is 0.0472. The molecule has 32 heavy (non-hydrogen) atoms. The van der Waals surface area contributed by atoms with Crippen molar-refractivity contribution in [2.24, 2.45) is 5.41 Å². The zero-order chi connectivity index (χ0) is 22.9. The van der Waals surface area contributed by atoms with E-state index in [4.69, 9.17) is 0 Å². The van der Waals surface area contributed by atoms with Crippen LogP contribution in [0.5, 0.6) is 0 Å². The zero-order valence-corrected chi connectivity index (χ0v) is 18.2. The van der Waals surface area contributed by atoms with Gasteiger partial charge < -0.3 is 24.9 Å². The lowest BCUT2D eigenvalue weighted by molar-refractivity contribution is -0.137. The molecule has 2 saturated heterocycles. The second kappa shape index (κ2) is 9.19. The number of benzene rings is 1. The number of aliphatic hydroxyl groups excluding tert-OH is 2. The van der Waals surface area contributed by atoms with Gasteiger partial charge in [-0.05, 0) is 61.9 Å². The predicted octanol–water partition coefficient (Wildman–Crippen LogP) is 2.34. The molecule has 1 aromatic rings. The maximum absolute atomic E-state index is 12.8. The first-order chi connectivity index (χ1) is 15.2. The van der Waals surface area contributed by atoms with Crippen LogP contribution in [-0.2, 0) is 11.0 Å². The SMILES string of the molecule is O=C1CCN(c2ccc(C(F)(F)F)cc2)CCN1C(CO)CCN1CCC2(CC2)C(O)C1. The minimum atomic E-state index is -4.37. The third-order valence-electron chi connectivity index (χ3n) is 7.47. The summed E-state index contributed by atoms with van der Waals surface area (Å²) in [6, 6.07) is 4.72. The molecule has 0 radical (unpaired) electrons. The maximum Gasteiger partial charge on any atom is 0.416 e. The molecular formula is C23H32F3N3O3. The Hall–Kier alpha value is -1.84. The van der Waals surface area contributed by atoms with Crippen molar-refractivity contribution in [2.75, 3.05) is 50.8 Å². The number of anilines is 1. The van der Waals surface area contributed by atoms with Gasteiger partial charge in [-0.1, -0.05) is 0 Å². The molecule has 2 aliphatic heterocycles. The van der Waals surface area contributed by atoms with E-state index in [1.165, 1.54) is 12.1 Å². The molecule has 6 nitrogen and oxygen atoms in total. The molecule has 1 saturated carbocycles. The molecule has 1 amide bonds. The van der Waals surface area contributed by atoms with Gasteiger partial charge in [0.05, 0.1) is 24.3 Å². The third-order valence-corrected chi connectivity index (χ3v) is 7.47. The number of halogens is 3. The van der Waals surface area contributed by atoms with Crippen LogP contribution in [0.3, 0.4) is 0 Å². The van der Waals surface area contributed by atoms with Gasteiger partial charge in [-0.2, -0.15) is 13.2 Å². The van der Waals surface area contributed by atoms with E-state index in [0.29, 0.717) is 44.8 Å². The van der Waals surface area contributed by atoms with E-state index in [9.17, 15) is 28.2 Å². The van der Waals surface area contributed by atoms with Crippen LogP contribution in [0.1, 0.15) is 37.7 Å². The molecule has 2 N–H and O–H groups in total. The first kappa shape index (κ1) is 23.3. The molecule has 1 aliphatic carbocycles. The van der Waals surface area contributed by atoms with Crippen molar-refractivity contribution < 1.29 is 28.2 Å². The van der Waals surface area contributed by atoms with Crippen LogP contribution < -0.4 is 4.90 Å². The molecule has 3 aliphatic rings. The maximum atomic E-state index is 12.8. The second-order valence-corrected chi connectivity index (χ2v) is 9.42. The molecule has 0 bridgehead atoms. The summed E-state index contributed by atoms with van der Waals surface area (Å²) in [4.78, 5) is 18.6. The van der Waals surface area contributed by atoms with Crippen molar-refractivity contribution in [2.45, 2.75) is 50.4 Å². The number of β-amino-alcohol motifs (C(OH)–C–C–N with tert-alkyl or cyclic N) is 1. The van der Waals surface area contributed by atoms with Crippen molar-refractivity contribution in [3.05, 3.63) is 29.8 Å². The summed E-state index contributed by atoms with van der Waals surface area (Å²) in [6.45, 7) is 3.50. The van der Waals surface area contributed by atoms with E-state index in [1.807, 2.05) is 4.90 Å². The number of hydrogen-bond acceptors (Lipinski definition) is 5. The number of hydrogen-bond donors (Lipinski definition) is 2. The van der Waals surface area contributed by atoms with E-state index < -0.39 is 11.7 Å². The Balaban J connectivity index is 1.32. The Labute approximate surface area is 186 Å². The van der Waals surface area contributed by atoms with E-state index >= 15 is 0 Å². The molecule has 3 fully saturated rings. The molecule has 0 aromatic heterocycles. The smallest absolute Gasteiger partial charge is 0.394 e. The molecule has 2 heterocycles. The number of piperidine rings is 1. The predicted molar refractivity (Wildman–Crippen MR) is 114 cm³/mol. The van der Waals surface area contributed by atoms with Crippen molar-refractivity contribution in [1.29, 1.82) is 0 Å². The zero-order valence-electron chi connectivity index (χ0n) is 18.2. The Morgan fingerprint density at radius 1 is 1.06 bits per heavy atom. The fraction of sp³-hybridized carbons (Fsp3) is 0.696. The highest BCUT2D eigenvalue weighted by Gasteiger charge is 2.51. The number of carbonyl (C=O) groups is 1. The Kier molecular flexibility index (Phi) is 6.70. The highest BCUT2D eigenvalue weighted by atomic mass is 19.4. The fourth-order valence-electron chi connectivity index (χ4n) is 5.05. The van der Waals surface area contributed by atoms with Crippen LogP contribution in [0.4, 0.5) is 18.9 Å². The number of rotatable bonds is 6. The van der Waals surface area contributed by atoms with Crippen LogP contribution >= 0.6 is 0 Å². The van der Waals surface area contributed by atoms with Crippen molar-refractivity contribution in [1.82, 2.24) is 9.80 Å².